The molecule has 0 saturated heterocycles. The van der Waals surface area contributed by atoms with Crippen LogP contribution in [0.15, 0.2) is 36.4 Å². The highest BCUT2D eigenvalue weighted by Gasteiger charge is 2.13. The normalized spacial score (nSPS) is 10.3. The van der Waals surface area contributed by atoms with Crippen LogP contribution < -0.4 is 11.1 Å². The van der Waals surface area contributed by atoms with Gasteiger partial charge in [0.25, 0.3) is 5.91 Å². The molecule has 2 aromatic rings. The second-order valence-electron chi connectivity index (χ2n) is 3.85. The minimum Gasteiger partial charge on any atom is -0.399 e. The van der Waals surface area contributed by atoms with Gasteiger partial charge in [0, 0.05) is 17.4 Å². The summed E-state index contributed by atoms with van der Waals surface area (Å²) in [5.74, 6) is -3.23. The van der Waals surface area contributed by atoms with E-state index in [-0.39, 0.29) is 16.9 Å². The van der Waals surface area contributed by atoms with Gasteiger partial charge < -0.3 is 11.1 Å². The Labute approximate surface area is 106 Å². The van der Waals surface area contributed by atoms with E-state index in [4.69, 9.17) is 5.73 Å². The molecule has 1 amide bonds. The van der Waals surface area contributed by atoms with Crippen molar-refractivity contribution in [2.45, 2.75) is 0 Å². The summed E-state index contributed by atoms with van der Waals surface area (Å²) in [4.78, 5) is 11.7. The summed E-state index contributed by atoms with van der Waals surface area (Å²) < 4.78 is 39.1. The molecule has 0 radical (unpaired) electrons. The standard InChI is InChI=1S/C13H9F3N2O/c14-7-1-2-11(12(16)5-7)13(19)18-10-4-8(15)3-9(17)6-10/h1-6H,17H2,(H,18,19). The third-order valence-electron chi connectivity index (χ3n) is 2.35. The van der Waals surface area contributed by atoms with Gasteiger partial charge >= 0.3 is 0 Å². The number of nitrogen functional groups attached to an aromatic ring is 1. The molecule has 0 spiro atoms. The molecule has 0 atom stereocenters. The van der Waals surface area contributed by atoms with E-state index < -0.39 is 23.4 Å². The highest BCUT2D eigenvalue weighted by Crippen LogP contribution is 2.17. The number of anilines is 2. The van der Waals surface area contributed by atoms with Crippen molar-refractivity contribution in [3.8, 4) is 0 Å². The van der Waals surface area contributed by atoms with Gasteiger partial charge in [0.1, 0.15) is 17.5 Å². The van der Waals surface area contributed by atoms with Crippen LogP contribution in [0.1, 0.15) is 10.4 Å². The number of carbonyl (C=O) groups excluding carboxylic acids is 1. The smallest absolute Gasteiger partial charge is 0.258 e. The molecule has 0 aliphatic heterocycles. The molecule has 2 rings (SSSR count). The number of benzene rings is 2. The molecule has 2 aromatic carbocycles. The predicted molar refractivity (Wildman–Crippen MR) is 65.1 cm³/mol. The number of carbonyl (C=O) groups is 1. The Hall–Kier alpha value is -2.50. The summed E-state index contributed by atoms with van der Waals surface area (Å²) in [6.45, 7) is 0. The Morgan fingerprint density at radius 3 is 2.37 bits per heavy atom. The number of halogens is 3. The molecule has 0 unspecified atom stereocenters. The van der Waals surface area contributed by atoms with Crippen molar-refractivity contribution in [2.75, 3.05) is 11.1 Å². The van der Waals surface area contributed by atoms with Gasteiger partial charge in [-0.05, 0) is 30.3 Å². The van der Waals surface area contributed by atoms with Gasteiger partial charge in [0.2, 0.25) is 0 Å². The van der Waals surface area contributed by atoms with E-state index in [9.17, 15) is 18.0 Å². The lowest BCUT2D eigenvalue weighted by Gasteiger charge is -2.07. The van der Waals surface area contributed by atoms with E-state index in [0.29, 0.717) is 6.07 Å². The summed E-state index contributed by atoms with van der Waals surface area (Å²) in [6, 6.07) is 5.99. The topological polar surface area (TPSA) is 55.1 Å². The summed E-state index contributed by atoms with van der Waals surface area (Å²) >= 11 is 0. The maximum Gasteiger partial charge on any atom is 0.258 e. The Kier molecular flexibility index (Phi) is 3.41. The SMILES string of the molecule is Nc1cc(F)cc(NC(=O)c2ccc(F)cc2F)c1. The zero-order valence-corrected chi connectivity index (χ0v) is 9.58. The second kappa shape index (κ2) is 5.01. The van der Waals surface area contributed by atoms with Crippen molar-refractivity contribution < 1.29 is 18.0 Å². The van der Waals surface area contributed by atoms with Gasteiger partial charge in [0.05, 0.1) is 5.56 Å². The Balaban J connectivity index is 2.25. The lowest BCUT2D eigenvalue weighted by Crippen LogP contribution is -2.14. The number of hydrogen-bond donors (Lipinski definition) is 2. The van der Waals surface area contributed by atoms with Crippen LogP contribution in [-0.2, 0) is 0 Å². The first-order valence-corrected chi connectivity index (χ1v) is 5.28. The second-order valence-corrected chi connectivity index (χ2v) is 3.85. The first-order valence-electron chi connectivity index (χ1n) is 5.28. The number of nitrogens with one attached hydrogen (secondary N) is 1. The van der Waals surface area contributed by atoms with Crippen LogP contribution in [0.2, 0.25) is 0 Å². The van der Waals surface area contributed by atoms with Gasteiger partial charge in [-0.1, -0.05) is 0 Å². The van der Waals surface area contributed by atoms with Gasteiger partial charge in [-0.2, -0.15) is 0 Å². The van der Waals surface area contributed by atoms with Crippen molar-refractivity contribution in [1.29, 1.82) is 0 Å². The Bertz CT molecular complexity index is 624. The molecule has 0 fully saturated rings. The number of amides is 1. The molecule has 19 heavy (non-hydrogen) atoms. The Morgan fingerprint density at radius 1 is 1.00 bits per heavy atom. The quantitative estimate of drug-likeness (QED) is 0.821. The van der Waals surface area contributed by atoms with Crippen LogP contribution >= 0.6 is 0 Å². The van der Waals surface area contributed by atoms with E-state index in [0.717, 1.165) is 24.3 Å². The summed E-state index contributed by atoms with van der Waals surface area (Å²) in [5, 5.41) is 2.28. The van der Waals surface area contributed by atoms with E-state index in [1.807, 2.05) is 0 Å². The lowest BCUT2D eigenvalue weighted by molar-refractivity contribution is 0.102. The van der Waals surface area contributed by atoms with Crippen LogP contribution in [0, 0.1) is 17.5 Å². The average Bonchev–Trinajstić information content (AvgIpc) is 2.26. The molecule has 0 heterocycles. The van der Waals surface area contributed by atoms with E-state index in [1.165, 1.54) is 6.07 Å². The molecule has 0 bridgehead atoms. The van der Waals surface area contributed by atoms with Crippen molar-refractivity contribution in [3.05, 3.63) is 59.4 Å². The zero-order valence-electron chi connectivity index (χ0n) is 9.58. The van der Waals surface area contributed by atoms with Gasteiger partial charge in [-0.3, -0.25) is 4.79 Å². The van der Waals surface area contributed by atoms with E-state index >= 15 is 0 Å². The van der Waals surface area contributed by atoms with Crippen LogP contribution in [0.3, 0.4) is 0 Å². The first kappa shape index (κ1) is 12.9. The van der Waals surface area contributed by atoms with Gasteiger partial charge in [-0.15, -0.1) is 0 Å². The van der Waals surface area contributed by atoms with Crippen molar-refractivity contribution in [3.63, 3.8) is 0 Å². The monoisotopic (exact) mass is 266 g/mol. The number of hydrogen-bond acceptors (Lipinski definition) is 2. The van der Waals surface area contributed by atoms with Gasteiger partial charge in [-0.25, -0.2) is 13.2 Å². The van der Waals surface area contributed by atoms with E-state index in [2.05, 4.69) is 5.32 Å². The molecule has 3 N–H and O–H groups in total. The van der Waals surface area contributed by atoms with Crippen molar-refractivity contribution in [1.82, 2.24) is 0 Å². The molecule has 3 nitrogen and oxygen atoms in total. The van der Waals surface area contributed by atoms with Gasteiger partial charge in [0.15, 0.2) is 0 Å². The fraction of sp³-hybridized carbons (Fsp3) is 0. The summed E-state index contributed by atoms with van der Waals surface area (Å²) in [5.41, 5.74) is 5.27. The van der Waals surface area contributed by atoms with E-state index in [1.54, 1.807) is 0 Å². The molecule has 0 aliphatic carbocycles. The maximum absolute atomic E-state index is 13.4. The molecule has 0 aliphatic rings. The molecule has 0 aromatic heterocycles. The minimum atomic E-state index is -0.998. The molecule has 0 saturated carbocycles. The highest BCUT2D eigenvalue weighted by molar-refractivity contribution is 6.04. The predicted octanol–water partition coefficient (Wildman–Crippen LogP) is 2.94. The fourth-order valence-electron chi connectivity index (χ4n) is 1.56. The average molecular weight is 266 g/mol. The van der Waals surface area contributed by atoms with Crippen LogP contribution in [0.5, 0.6) is 0 Å². The molecule has 6 heteroatoms. The first-order chi connectivity index (χ1) is 8.95. The Morgan fingerprint density at radius 2 is 1.74 bits per heavy atom. The van der Waals surface area contributed by atoms with Crippen LogP contribution in [0.4, 0.5) is 24.5 Å². The molecule has 98 valence electrons. The minimum absolute atomic E-state index is 0.0891. The summed E-state index contributed by atoms with van der Waals surface area (Å²) in [6.07, 6.45) is 0. The van der Waals surface area contributed by atoms with Crippen molar-refractivity contribution >= 4 is 17.3 Å². The number of nitrogens with two attached hydrogens (primary N) is 1. The maximum atomic E-state index is 13.4. The molecular formula is C13H9F3N2O. The highest BCUT2D eigenvalue weighted by atomic mass is 19.1. The van der Waals surface area contributed by atoms with Crippen molar-refractivity contribution in [2.24, 2.45) is 0 Å². The van der Waals surface area contributed by atoms with Crippen LogP contribution in [-0.4, -0.2) is 5.91 Å². The zero-order chi connectivity index (χ0) is 14.0. The largest absolute Gasteiger partial charge is 0.399 e. The fourth-order valence-corrected chi connectivity index (χ4v) is 1.56. The third-order valence-corrected chi connectivity index (χ3v) is 2.35. The molecular weight excluding hydrogens is 257 g/mol. The number of rotatable bonds is 2. The lowest BCUT2D eigenvalue weighted by atomic mass is 10.2. The third kappa shape index (κ3) is 3.04. The van der Waals surface area contributed by atoms with Crippen LogP contribution in [0.25, 0.3) is 0 Å². The summed E-state index contributed by atoms with van der Waals surface area (Å²) in [7, 11) is 0.